The van der Waals surface area contributed by atoms with Gasteiger partial charge in [0.05, 0.1) is 0 Å². The van der Waals surface area contributed by atoms with E-state index >= 15 is 0 Å². The van der Waals surface area contributed by atoms with E-state index in [1.807, 2.05) is 43.3 Å². The van der Waals surface area contributed by atoms with Gasteiger partial charge in [-0.05, 0) is 68.7 Å². The molecule has 2 aromatic rings. The molecule has 0 aromatic heterocycles. The number of hydrogen-bond donors (Lipinski definition) is 1. The third-order valence-corrected chi connectivity index (χ3v) is 4.28. The van der Waals surface area contributed by atoms with Gasteiger partial charge >= 0.3 is 0 Å². The van der Waals surface area contributed by atoms with E-state index in [2.05, 4.69) is 22.3 Å². The summed E-state index contributed by atoms with van der Waals surface area (Å²) in [4.78, 5) is 14.7. The highest BCUT2D eigenvalue weighted by atomic mass is 16.5. The van der Waals surface area contributed by atoms with Gasteiger partial charge in [0.1, 0.15) is 5.75 Å². The van der Waals surface area contributed by atoms with Crippen LogP contribution in [0.5, 0.6) is 5.75 Å². The molecule has 1 unspecified atom stereocenters. The van der Waals surface area contributed by atoms with Crippen LogP contribution in [0.3, 0.4) is 0 Å². The first-order valence-corrected chi connectivity index (χ1v) is 8.51. The summed E-state index contributed by atoms with van der Waals surface area (Å²) in [6.07, 6.45) is 1.96. The second-order valence-electron chi connectivity index (χ2n) is 6.31. The summed E-state index contributed by atoms with van der Waals surface area (Å²) in [7, 11) is 0. The molecule has 1 atom stereocenters. The van der Waals surface area contributed by atoms with Gasteiger partial charge in [-0.25, -0.2) is 0 Å². The molecule has 4 heteroatoms. The minimum absolute atomic E-state index is 0.148. The number of hydrogen-bond acceptors (Lipinski definition) is 3. The largest absolute Gasteiger partial charge is 0.481 e. The fourth-order valence-electron chi connectivity index (χ4n) is 2.92. The Hall–Kier alpha value is -2.49. The van der Waals surface area contributed by atoms with Gasteiger partial charge in [0.25, 0.3) is 5.91 Å². The first-order valence-electron chi connectivity index (χ1n) is 8.51. The monoisotopic (exact) mass is 324 g/mol. The number of anilines is 2. The summed E-state index contributed by atoms with van der Waals surface area (Å²) in [6.45, 7) is 6.00. The molecular weight excluding hydrogens is 300 g/mol. The highest BCUT2D eigenvalue weighted by Crippen LogP contribution is 2.22. The zero-order chi connectivity index (χ0) is 16.9. The van der Waals surface area contributed by atoms with Crippen molar-refractivity contribution in [2.45, 2.75) is 32.8 Å². The molecule has 1 N–H and O–H groups in total. The first kappa shape index (κ1) is 16.4. The number of nitrogens with one attached hydrogen (secondary N) is 1. The smallest absolute Gasteiger partial charge is 0.265 e. The number of rotatable bonds is 5. The maximum Gasteiger partial charge on any atom is 0.265 e. The van der Waals surface area contributed by atoms with E-state index in [0.29, 0.717) is 5.75 Å². The molecule has 1 amide bonds. The van der Waals surface area contributed by atoms with Crippen LogP contribution < -0.4 is 15.0 Å². The third-order valence-electron chi connectivity index (χ3n) is 4.28. The van der Waals surface area contributed by atoms with Crippen molar-refractivity contribution >= 4 is 17.3 Å². The average molecular weight is 324 g/mol. The van der Waals surface area contributed by atoms with Gasteiger partial charge in [-0.15, -0.1) is 0 Å². The Morgan fingerprint density at radius 2 is 1.83 bits per heavy atom. The van der Waals surface area contributed by atoms with Crippen molar-refractivity contribution in [3.05, 3.63) is 54.1 Å². The molecule has 1 fully saturated rings. The summed E-state index contributed by atoms with van der Waals surface area (Å²) in [6, 6.07) is 15.7. The van der Waals surface area contributed by atoms with Gasteiger partial charge < -0.3 is 15.0 Å². The lowest BCUT2D eigenvalue weighted by molar-refractivity contribution is -0.122. The predicted octanol–water partition coefficient (Wildman–Crippen LogP) is 4.00. The predicted molar refractivity (Wildman–Crippen MR) is 97.8 cm³/mol. The van der Waals surface area contributed by atoms with Crippen LogP contribution in [0.25, 0.3) is 0 Å². The highest BCUT2D eigenvalue weighted by molar-refractivity contribution is 5.94. The maximum atomic E-state index is 12.3. The zero-order valence-electron chi connectivity index (χ0n) is 14.3. The van der Waals surface area contributed by atoms with E-state index in [0.717, 1.165) is 24.3 Å². The Kier molecular flexibility index (Phi) is 5.04. The molecule has 0 spiro atoms. The number of nitrogens with zero attached hydrogens (tertiary/aromatic N) is 1. The van der Waals surface area contributed by atoms with Gasteiger partial charge in [-0.1, -0.05) is 12.1 Å². The molecule has 24 heavy (non-hydrogen) atoms. The van der Waals surface area contributed by atoms with Crippen LogP contribution in [0.1, 0.15) is 25.3 Å². The summed E-state index contributed by atoms with van der Waals surface area (Å²) >= 11 is 0. The minimum atomic E-state index is -0.551. The van der Waals surface area contributed by atoms with Gasteiger partial charge in [-0.3, -0.25) is 4.79 Å². The molecule has 1 heterocycles. The van der Waals surface area contributed by atoms with Crippen molar-refractivity contribution < 1.29 is 9.53 Å². The zero-order valence-corrected chi connectivity index (χ0v) is 14.3. The highest BCUT2D eigenvalue weighted by Gasteiger charge is 2.16. The van der Waals surface area contributed by atoms with Crippen molar-refractivity contribution in [2.24, 2.45) is 0 Å². The maximum absolute atomic E-state index is 12.3. The van der Waals surface area contributed by atoms with E-state index in [1.54, 1.807) is 6.92 Å². The minimum Gasteiger partial charge on any atom is -0.481 e. The molecule has 0 radical (unpaired) electrons. The Morgan fingerprint density at radius 3 is 2.50 bits per heavy atom. The summed E-state index contributed by atoms with van der Waals surface area (Å²) in [5.74, 6) is 0.562. The fraction of sp³-hybridized carbons (Fsp3) is 0.350. The second-order valence-corrected chi connectivity index (χ2v) is 6.31. The lowest BCUT2D eigenvalue weighted by Gasteiger charge is -2.18. The van der Waals surface area contributed by atoms with Gasteiger partial charge in [-0.2, -0.15) is 0 Å². The van der Waals surface area contributed by atoms with E-state index in [-0.39, 0.29) is 5.91 Å². The molecule has 3 rings (SSSR count). The van der Waals surface area contributed by atoms with Crippen LogP contribution in [-0.2, 0) is 4.79 Å². The number of carbonyl (C=O) groups is 1. The molecule has 2 aromatic carbocycles. The standard InChI is InChI=1S/C20H24N2O2/c1-15-6-5-7-19(14-15)24-16(2)20(23)21-17-8-10-18(11-9-17)22-12-3-4-13-22/h5-11,14,16H,3-4,12-13H2,1-2H3,(H,21,23). The van der Waals surface area contributed by atoms with Crippen LogP contribution in [0.15, 0.2) is 48.5 Å². The third kappa shape index (κ3) is 4.07. The number of benzene rings is 2. The van der Waals surface area contributed by atoms with Gasteiger partial charge in [0.2, 0.25) is 0 Å². The lowest BCUT2D eigenvalue weighted by atomic mass is 10.2. The molecule has 126 valence electrons. The molecule has 0 aliphatic carbocycles. The fourth-order valence-corrected chi connectivity index (χ4v) is 2.92. The van der Waals surface area contributed by atoms with Crippen LogP contribution in [-0.4, -0.2) is 25.1 Å². The Balaban J connectivity index is 1.57. The first-order chi connectivity index (χ1) is 11.6. The molecule has 1 aliphatic heterocycles. The van der Waals surface area contributed by atoms with Crippen molar-refractivity contribution in [3.63, 3.8) is 0 Å². The van der Waals surface area contributed by atoms with Crippen molar-refractivity contribution in [1.82, 2.24) is 0 Å². The van der Waals surface area contributed by atoms with Crippen molar-refractivity contribution in [3.8, 4) is 5.75 Å². The number of ether oxygens (including phenoxy) is 1. The molecule has 1 aliphatic rings. The van der Waals surface area contributed by atoms with E-state index < -0.39 is 6.10 Å². The summed E-state index contributed by atoms with van der Waals surface area (Å²) in [5.41, 5.74) is 3.12. The molecule has 0 bridgehead atoms. The molecule has 4 nitrogen and oxygen atoms in total. The average Bonchev–Trinajstić information content (AvgIpc) is 3.10. The lowest BCUT2D eigenvalue weighted by Crippen LogP contribution is -2.30. The normalized spacial score (nSPS) is 15.2. The van der Waals surface area contributed by atoms with Crippen molar-refractivity contribution in [2.75, 3.05) is 23.3 Å². The van der Waals surface area contributed by atoms with Crippen molar-refractivity contribution in [1.29, 1.82) is 0 Å². The SMILES string of the molecule is Cc1cccc(OC(C)C(=O)Nc2ccc(N3CCCC3)cc2)c1. The van der Waals surface area contributed by atoms with Crippen LogP contribution in [0, 0.1) is 6.92 Å². The van der Waals surface area contributed by atoms with E-state index in [9.17, 15) is 4.79 Å². The summed E-state index contributed by atoms with van der Waals surface area (Å²) < 4.78 is 5.71. The topological polar surface area (TPSA) is 41.6 Å². The quantitative estimate of drug-likeness (QED) is 0.904. The Labute approximate surface area is 143 Å². The number of carbonyl (C=O) groups excluding carboxylic acids is 1. The van der Waals surface area contributed by atoms with Crippen LogP contribution >= 0.6 is 0 Å². The number of aryl methyl sites for hydroxylation is 1. The van der Waals surface area contributed by atoms with E-state index in [4.69, 9.17) is 4.74 Å². The van der Waals surface area contributed by atoms with Crippen LogP contribution in [0.4, 0.5) is 11.4 Å². The molecule has 0 saturated carbocycles. The van der Waals surface area contributed by atoms with E-state index in [1.165, 1.54) is 18.5 Å². The Morgan fingerprint density at radius 1 is 1.12 bits per heavy atom. The van der Waals surface area contributed by atoms with Gasteiger partial charge in [0, 0.05) is 24.5 Å². The summed E-state index contributed by atoms with van der Waals surface area (Å²) in [5, 5.41) is 2.91. The second kappa shape index (κ2) is 7.39. The number of amides is 1. The van der Waals surface area contributed by atoms with Gasteiger partial charge in [0.15, 0.2) is 6.10 Å². The van der Waals surface area contributed by atoms with Crippen LogP contribution in [0.2, 0.25) is 0 Å². The Bertz CT molecular complexity index is 691. The molecular formula is C20H24N2O2. The molecule has 1 saturated heterocycles.